The van der Waals surface area contributed by atoms with E-state index in [0.717, 1.165) is 0 Å². The lowest BCUT2D eigenvalue weighted by Gasteiger charge is -2.08. The third-order valence-electron chi connectivity index (χ3n) is 0.982. The molecule has 0 aliphatic rings. The molecule has 6 heteroatoms. The molecule has 2 amide bonds. The van der Waals surface area contributed by atoms with Gasteiger partial charge < -0.3 is 0 Å². The molecule has 0 radical (unpaired) electrons. The van der Waals surface area contributed by atoms with Crippen molar-refractivity contribution in [3.63, 3.8) is 0 Å². The number of nitrogens with two attached hydrogens (primary N) is 1. The lowest BCUT2D eigenvalue weighted by Crippen LogP contribution is -2.44. The molecule has 0 atom stereocenters. The topological polar surface area (TPSA) is 96.2 Å². The number of hydrazine groups is 2. The van der Waals surface area contributed by atoms with Crippen LogP contribution >= 0.6 is 0 Å². The van der Waals surface area contributed by atoms with Gasteiger partial charge in [0, 0.05) is 6.04 Å². The molecule has 70 valence electrons. The molecule has 0 saturated heterocycles. The van der Waals surface area contributed by atoms with E-state index in [1.54, 1.807) is 0 Å². The van der Waals surface area contributed by atoms with Gasteiger partial charge in [0.25, 0.3) is 0 Å². The largest absolute Gasteiger partial charge is 0.294 e. The number of nitrogens with one attached hydrogen (secondary N) is 3. The van der Waals surface area contributed by atoms with Gasteiger partial charge in [-0.05, 0) is 13.8 Å². The molecule has 0 heterocycles. The third-order valence-corrected chi connectivity index (χ3v) is 0.982. The number of amides is 2. The van der Waals surface area contributed by atoms with Crippen LogP contribution in [-0.2, 0) is 9.59 Å². The van der Waals surface area contributed by atoms with Gasteiger partial charge in [-0.3, -0.25) is 20.4 Å². The van der Waals surface area contributed by atoms with E-state index in [-0.39, 0.29) is 12.5 Å². The van der Waals surface area contributed by atoms with Gasteiger partial charge in [0.05, 0.1) is 0 Å². The molecule has 0 rings (SSSR count). The molecule has 0 saturated carbocycles. The Labute approximate surface area is 70.8 Å². The van der Waals surface area contributed by atoms with Crippen LogP contribution in [-0.4, -0.2) is 17.9 Å². The quantitative estimate of drug-likeness (QED) is 0.178. The Hall–Kier alpha value is -1.14. The number of hydrogen-bond donors (Lipinski definition) is 4. The highest BCUT2D eigenvalue weighted by Crippen LogP contribution is 1.77. The Bertz CT molecular complexity index is 169. The van der Waals surface area contributed by atoms with E-state index in [0.29, 0.717) is 0 Å². The lowest BCUT2D eigenvalue weighted by molar-refractivity contribution is -0.130. The second-order valence-corrected chi connectivity index (χ2v) is 2.59. The second-order valence-electron chi connectivity index (χ2n) is 2.59. The first-order chi connectivity index (χ1) is 5.56. The van der Waals surface area contributed by atoms with Gasteiger partial charge in [0.15, 0.2) is 0 Å². The van der Waals surface area contributed by atoms with E-state index in [2.05, 4.69) is 10.9 Å². The molecule has 0 aromatic heterocycles. The van der Waals surface area contributed by atoms with Gasteiger partial charge in [-0.2, -0.15) is 0 Å². The van der Waals surface area contributed by atoms with Crippen LogP contribution in [0.5, 0.6) is 0 Å². The Morgan fingerprint density at radius 3 is 2.33 bits per heavy atom. The Kier molecular flexibility index (Phi) is 4.98. The van der Waals surface area contributed by atoms with Crippen molar-refractivity contribution in [1.29, 1.82) is 0 Å². The summed E-state index contributed by atoms with van der Waals surface area (Å²) in [6.45, 7) is 3.73. The fourth-order valence-electron chi connectivity index (χ4n) is 0.466. The second kappa shape index (κ2) is 5.50. The molecule has 0 spiro atoms. The zero-order valence-corrected chi connectivity index (χ0v) is 7.18. The molecule has 0 unspecified atom stereocenters. The summed E-state index contributed by atoms with van der Waals surface area (Å²) >= 11 is 0. The Morgan fingerprint density at radius 1 is 1.33 bits per heavy atom. The zero-order valence-electron chi connectivity index (χ0n) is 7.18. The average Bonchev–Trinajstić information content (AvgIpc) is 2.00. The van der Waals surface area contributed by atoms with Crippen molar-refractivity contribution in [2.45, 2.75) is 26.3 Å². The summed E-state index contributed by atoms with van der Waals surface area (Å²) < 4.78 is 0. The third kappa shape index (κ3) is 5.63. The lowest BCUT2D eigenvalue weighted by atomic mass is 10.4. The van der Waals surface area contributed by atoms with Crippen LogP contribution in [0.4, 0.5) is 0 Å². The smallest absolute Gasteiger partial charge is 0.243 e. The summed E-state index contributed by atoms with van der Waals surface area (Å²) in [4.78, 5) is 21.4. The number of rotatable bonds is 4. The van der Waals surface area contributed by atoms with Gasteiger partial charge in [-0.15, -0.1) is 0 Å². The van der Waals surface area contributed by atoms with E-state index in [1.165, 1.54) is 0 Å². The number of carbonyl (C=O) groups is 2. The number of hydrogen-bond acceptors (Lipinski definition) is 4. The minimum Gasteiger partial charge on any atom is -0.294 e. The standard InChI is InChI=1S/C6H14N4O2/c1-4(2)9-10-6(12)3-5(11)8-7/h4,9H,3,7H2,1-2H3,(H,8,11)(H,10,12). The van der Waals surface area contributed by atoms with Crippen molar-refractivity contribution in [3.05, 3.63) is 0 Å². The first-order valence-corrected chi connectivity index (χ1v) is 3.60. The summed E-state index contributed by atoms with van der Waals surface area (Å²) in [5.41, 5.74) is 6.85. The van der Waals surface area contributed by atoms with Crippen LogP contribution < -0.4 is 22.1 Å². The molecule has 0 aliphatic heterocycles. The Balaban J connectivity index is 3.53. The van der Waals surface area contributed by atoms with E-state index in [4.69, 9.17) is 5.84 Å². The zero-order chi connectivity index (χ0) is 9.56. The molecule has 5 N–H and O–H groups in total. The maximum Gasteiger partial charge on any atom is 0.243 e. The van der Waals surface area contributed by atoms with Crippen molar-refractivity contribution >= 4 is 11.8 Å². The van der Waals surface area contributed by atoms with Crippen LogP contribution in [0.2, 0.25) is 0 Å². The van der Waals surface area contributed by atoms with Crippen LogP contribution in [0.25, 0.3) is 0 Å². The SMILES string of the molecule is CC(C)NNC(=O)CC(=O)NN. The highest BCUT2D eigenvalue weighted by molar-refractivity contribution is 5.96. The fourth-order valence-corrected chi connectivity index (χ4v) is 0.466. The van der Waals surface area contributed by atoms with Crippen LogP contribution in [0.15, 0.2) is 0 Å². The van der Waals surface area contributed by atoms with Crippen LogP contribution in [0.3, 0.4) is 0 Å². The van der Waals surface area contributed by atoms with E-state index >= 15 is 0 Å². The molecule has 0 aromatic rings. The first-order valence-electron chi connectivity index (χ1n) is 3.60. The summed E-state index contributed by atoms with van der Waals surface area (Å²) in [7, 11) is 0. The molecule has 0 bridgehead atoms. The van der Waals surface area contributed by atoms with Crippen molar-refractivity contribution < 1.29 is 9.59 Å². The molecular formula is C6H14N4O2. The summed E-state index contributed by atoms with van der Waals surface area (Å²) in [5, 5.41) is 0. The van der Waals surface area contributed by atoms with E-state index in [1.807, 2.05) is 19.3 Å². The Morgan fingerprint density at radius 2 is 1.92 bits per heavy atom. The summed E-state index contributed by atoms with van der Waals surface area (Å²) in [5.74, 6) is 3.85. The van der Waals surface area contributed by atoms with E-state index in [9.17, 15) is 9.59 Å². The van der Waals surface area contributed by atoms with Crippen molar-refractivity contribution in [1.82, 2.24) is 16.3 Å². The number of carbonyl (C=O) groups excluding carboxylic acids is 2. The minimum atomic E-state index is -0.516. The monoisotopic (exact) mass is 174 g/mol. The first kappa shape index (κ1) is 10.9. The highest BCUT2D eigenvalue weighted by atomic mass is 16.2. The normalized spacial score (nSPS) is 9.67. The van der Waals surface area contributed by atoms with Crippen molar-refractivity contribution in [2.24, 2.45) is 5.84 Å². The van der Waals surface area contributed by atoms with Gasteiger partial charge in [0.1, 0.15) is 6.42 Å². The average molecular weight is 174 g/mol. The highest BCUT2D eigenvalue weighted by Gasteiger charge is 2.06. The van der Waals surface area contributed by atoms with Crippen LogP contribution in [0.1, 0.15) is 20.3 Å². The molecule has 0 fully saturated rings. The molecule has 0 aromatic carbocycles. The molecular weight excluding hydrogens is 160 g/mol. The summed E-state index contributed by atoms with van der Waals surface area (Å²) in [6.07, 6.45) is -0.268. The molecule has 6 nitrogen and oxygen atoms in total. The summed E-state index contributed by atoms with van der Waals surface area (Å²) in [6, 6.07) is 0.134. The predicted molar refractivity (Wildman–Crippen MR) is 43.4 cm³/mol. The molecule has 12 heavy (non-hydrogen) atoms. The minimum absolute atomic E-state index is 0.134. The van der Waals surface area contributed by atoms with Gasteiger partial charge >= 0.3 is 0 Å². The van der Waals surface area contributed by atoms with Crippen molar-refractivity contribution in [2.75, 3.05) is 0 Å². The maximum absolute atomic E-state index is 10.8. The fraction of sp³-hybridized carbons (Fsp3) is 0.667. The van der Waals surface area contributed by atoms with Gasteiger partial charge in [0.2, 0.25) is 11.8 Å². The van der Waals surface area contributed by atoms with Crippen molar-refractivity contribution in [3.8, 4) is 0 Å². The van der Waals surface area contributed by atoms with Gasteiger partial charge in [-0.25, -0.2) is 11.3 Å². The predicted octanol–water partition coefficient (Wildman–Crippen LogP) is -1.60. The van der Waals surface area contributed by atoms with Gasteiger partial charge in [-0.1, -0.05) is 0 Å². The van der Waals surface area contributed by atoms with E-state index < -0.39 is 11.8 Å². The molecule has 0 aliphatic carbocycles. The van der Waals surface area contributed by atoms with Crippen LogP contribution in [0, 0.1) is 0 Å². The maximum atomic E-state index is 10.8.